The molecular weight excluding hydrogens is 302 g/mol. The van der Waals surface area contributed by atoms with E-state index >= 15 is 0 Å². The molecule has 0 N–H and O–H groups in total. The number of hydrogen-bond donors (Lipinski definition) is 0. The van der Waals surface area contributed by atoms with E-state index in [9.17, 15) is 4.79 Å². The Hall–Kier alpha value is -1.42. The van der Waals surface area contributed by atoms with E-state index < -0.39 is 0 Å². The Morgan fingerprint density at radius 2 is 2.09 bits per heavy atom. The van der Waals surface area contributed by atoms with Crippen molar-refractivity contribution < 1.29 is 14.3 Å². The highest BCUT2D eigenvalue weighted by molar-refractivity contribution is 6.32. The van der Waals surface area contributed by atoms with Crippen molar-refractivity contribution >= 4 is 17.5 Å². The summed E-state index contributed by atoms with van der Waals surface area (Å²) in [6.07, 6.45) is 3.03. The largest absolute Gasteiger partial charge is 0.493 e. The average molecular weight is 326 g/mol. The zero-order valence-corrected chi connectivity index (χ0v) is 14.4. The summed E-state index contributed by atoms with van der Waals surface area (Å²) in [6, 6.07) is 3.92. The van der Waals surface area contributed by atoms with Gasteiger partial charge in [-0.25, -0.2) is 0 Å². The number of carbonyl (C=O) groups excluding carboxylic acids is 1. The molecule has 0 aromatic heterocycles. The summed E-state index contributed by atoms with van der Waals surface area (Å²) >= 11 is 6.30. The van der Waals surface area contributed by atoms with E-state index in [-0.39, 0.29) is 11.9 Å². The molecule has 0 atom stereocenters. The number of benzene rings is 1. The Kier molecular flexibility index (Phi) is 5.57. The van der Waals surface area contributed by atoms with Gasteiger partial charge in [0.1, 0.15) is 0 Å². The van der Waals surface area contributed by atoms with Gasteiger partial charge in [-0.1, -0.05) is 18.5 Å². The molecule has 1 aromatic carbocycles. The van der Waals surface area contributed by atoms with Crippen LogP contribution in [0.25, 0.3) is 0 Å². The Labute approximate surface area is 137 Å². The van der Waals surface area contributed by atoms with E-state index in [0.717, 1.165) is 19.3 Å². The highest BCUT2D eigenvalue weighted by Gasteiger charge is 2.35. The highest BCUT2D eigenvalue weighted by atomic mass is 35.5. The predicted molar refractivity (Wildman–Crippen MR) is 88.1 cm³/mol. The molecule has 122 valence electrons. The molecule has 0 heterocycles. The van der Waals surface area contributed by atoms with Crippen molar-refractivity contribution in [3.63, 3.8) is 0 Å². The zero-order chi connectivity index (χ0) is 16.3. The number of halogens is 1. The predicted octanol–water partition coefficient (Wildman–Crippen LogP) is 4.15. The van der Waals surface area contributed by atoms with E-state index in [4.69, 9.17) is 21.1 Å². The third-order valence-electron chi connectivity index (χ3n) is 3.66. The fourth-order valence-electron chi connectivity index (χ4n) is 2.51. The van der Waals surface area contributed by atoms with E-state index in [0.29, 0.717) is 34.7 Å². The Morgan fingerprint density at radius 1 is 1.41 bits per heavy atom. The SMILES string of the molecule is CCCOc1c(Cl)cc(C(=O)N(C(C)C)C2CC2)cc1OC. The number of amides is 1. The molecule has 1 fully saturated rings. The topological polar surface area (TPSA) is 38.8 Å². The van der Waals surface area contributed by atoms with Crippen LogP contribution in [-0.2, 0) is 0 Å². The molecule has 1 aromatic rings. The number of hydrogen-bond acceptors (Lipinski definition) is 3. The molecule has 1 aliphatic rings. The molecule has 22 heavy (non-hydrogen) atoms. The minimum absolute atomic E-state index is 0.000239. The standard InChI is InChI=1S/C17H24ClNO3/c1-5-8-22-16-14(18)9-12(10-15(16)21-4)17(20)19(11(2)3)13-6-7-13/h9-11,13H,5-8H2,1-4H3. The summed E-state index contributed by atoms with van der Waals surface area (Å²) in [4.78, 5) is 14.7. The number of carbonyl (C=O) groups is 1. The van der Waals surface area contributed by atoms with Gasteiger partial charge in [-0.05, 0) is 45.2 Å². The first kappa shape index (κ1) is 16.9. The number of ether oxygens (including phenoxy) is 2. The highest BCUT2D eigenvalue weighted by Crippen LogP contribution is 2.38. The van der Waals surface area contributed by atoms with Crippen LogP contribution in [0, 0.1) is 0 Å². The maximum Gasteiger partial charge on any atom is 0.254 e. The molecule has 0 bridgehead atoms. The number of methoxy groups -OCH3 is 1. The lowest BCUT2D eigenvalue weighted by Crippen LogP contribution is -2.38. The fourth-order valence-corrected chi connectivity index (χ4v) is 2.78. The van der Waals surface area contributed by atoms with Crippen LogP contribution in [0.3, 0.4) is 0 Å². The van der Waals surface area contributed by atoms with Crippen LogP contribution in [0.15, 0.2) is 12.1 Å². The third-order valence-corrected chi connectivity index (χ3v) is 3.94. The van der Waals surface area contributed by atoms with E-state index in [1.54, 1.807) is 19.2 Å². The smallest absolute Gasteiger partial charge is 0.254 e. The van der Waals surface area contributed by atoms with E-state index in [1.807, 2.05) is 25.7 Å². The summed E-state index contributed by atoms with van der Waals surface area (Å²) in [6.45, 7) is 6.65. The molecule has 0 spiro atoms. The lowest BCUT2D eigenvalue weighted by molar-refractivity contribution is 0.0690. The normalized spacial score (nSPS) is 14.1. The van der Waals surface area contributed by atoms with Crippen molar-refractivity contribution in [1.29, 1.82) is 0 Å². The van der Waals surface area contributed by atoms with Gasteiger partial charge in [-0.3, -0.25) is 4.79 Å². The molecule has 0 aliphatic heterocycles. The summed E-state index contributed by atoms with van der Waals surface area (Å²) < 4.78 is 11.0. The first-order valence-corrected chi connectivity index (χ1v) is 8.20. The molecule has 1 aliphatic carbocycles. The van der Waals surface area contributed by atoms with Crippen LogP contribution in [0.4, 0.5) is 0 Å². The second-order valence-corrected chi connectivity index (χ2v) is 6.28. The molecule has 4 nitrogen and oxygen atoms in total. The van der Waals surface area contributed by atoms with Gasteiger partial charge >= 0.3 is 0 Å². The van der Waals surface area contributed by atoms with Crippen molar-refractivity contribution in [3.05, 3.63) is 22.7 Å². The first-order valence-electron chi connectivity index (χ1n) is 7.82. The molecule has 0 radical (unpaired) electrons. The van der Waals surface area contributed by atoms with Gasteiger partial charge in [0.05, 0.1) is 18.7 Å². The minimum Gasteiger partial charge on any atom is -0.493 e. The van der Waals surface area contributed by atoms with Crippen molar-refractivity contribution in [2.24, 2.45) is 0 Å². The summed E-state index contributed by atoms with van der Waals surface area (Å²) in [5.41, 5.74) is 0.547. The number of rotatable bonds is 7. The van der Waals surface area contributed by atoms with Crippen molar-refractivity contribution in [1.82, 2.24) is 4.90 Å². The second-order valence-electron chi connectivity index (χ2n) is 5.88. The quantitative estimate of drug-likeness (QED) is 0.756. The lowest BCUT2D eigenvalue weighted by Gasteiger charge is -2.27. The molecular formula is C17H24ClNO3. The van der Waals surface area contributed by atoms with Crippen LogP contribution in [0.1, 0.15) is 50.4 Å². The van der Waals surface area contributed by atoms with Crippen LogP contribution >= 0.6 is 11.6 Å². The van der Waals surface area contributed by atoms with E-state index in [2.05, 4.69) is 0 Å². The average Bonchev–Trinajstić information content (AvgIpc) is 3.29. The second kappa shape index (κ2) is 7.23. The Bertz CT molecular complexity index is 539. The van der Waals surface area contributed by atoms with Crippen LogP contribution in [-0.4, -0.2) is 36.6 Å². The summed E-state index contributed by atoms with van der Waals surface area (Å²) in [5, 5.41) is 0.413. The number of nitrogens with zero attached hydrogens (tertiary/aromatic N) is 1. The molecule has 0 saturated heterocycles. The van der Waals surface area contributed by atoms with Crippen LogP contribution in [0.5, 0.6) is 11.5 Å². The first-order chi connectivity index (χ1) is 10.5. The zero-order valence-electron chi connectivity index (χ0n) is 13.7. The van der Waals surface area contributed by atoms with Crippen molar-refractivity contribution in [2.75, 3.05) is 13.7 Å². The monoisotopic (exact) mass is 325 g/mol. The van der Waals surface area contributed by atoms with Gasteiger partial charge in [0.25, 0.3) is 5.91 Å². The van der Waals surface area contributed by atoms with Gasteiger partial charge < -0.3 is 14.4 Å². The molecule has 0 unspecified atom stereocenters. The molecule has 2 rings (SSSR count). The van der Waals surface area contributed by atoms with Crippen molar-refractivity contribution in [3.8, 4) is 11.5 Å². The van der Waals surface area contributed by atoms with Crippen LogP contribution < -0.4 is 9.47 Å². The molecule has 1 saturated carbocycles. The van der Waals surface area contributed by atoms with Gasteiger partial charge in [-0.2, -0.15) is 0 Å². The fraction of sp³-hybridized carbons (Fsp3) is 0.588. The Morgan fingerprint density at radius 3 is 2.59 bits per heavy atom. The van der Waals surface area contributed by atoms with Gasteiger partial charge in [0.15, 0.2) is 11.5 Å². The van der Waals surface area contributed by atoms with Gasteiger partial charge in [-0.15, -0.1) is 0 Å². The maximum atomic E-state index is 12.8. The van der Waals surface area contributed by atoms with Crippen molar-refractivity contribution in [2.45, 2.75) is 52.1 Å². The minimum atomic E-state index is -0.000239. The van der Waals surface area contributed by atoms with E-state index in [1.165, 1.54) is 0 Å². The third kappa shape index (κ3) is 3.67. The van der Waals surface area contributed by atoms with Crippen LogP contribution in [0.2, 0.25) is 5.02 Å². The summed E-state index contributed by atoms with van der Waals surface area (Å²) in [7, 11) is 1.56. The lowest BCUT2D eigenvalue weighted by atomic mass is 10.1. The molecule has 5 heteroatoms. The maximum absolute atomic E-state index is 12.8. The summed E-state index contributed by atoms with van der Waals surface area (Å²) in [5.74, 6) is 1.01. The Balaban J connectivity index is 2.31. The van der Waals surface area contributed by atoms with Gasteiger partial charge in [0, 0.05) is 17.6 Å². The van der Waals surface area contributed by atoms with Gasteiger partial charge in [0.2, 0.25) is 0 Å². The molecule has 1 amide bonds.